The van der Waals surface area contributed by atoms with Gasteiger partial charge in [0, 0.05) is 24.8 Å². The van der Waals surface area contributed by atoms with Crippen LogP contribution in [-0.2, 0) is 14.8 Å². The van der Waals surface area contributed by atoms with Gasteiger partial charge in [-0.05, 0) is 43.2 Å². The number of hydrogen-bond acceptors (Lipinski definition) is 4. The van der Waals surface area contributed by atoms with E-state index in [9.17, 15) is 22.0 Å². The van der Waals surface area contributed by atoms with Crippen molar-refractivity contribution >= 4 is 21.6 Å². The number of ether oxygens (including phenoxy) is 1. The van der Waals surface area contributed by atoms with Crippen LogP contribution in [0.5, 0.6) is 5.75 Å². The first-order valence-corrected chi connectivity index (χ1v) is 10.3. The quantitative estimate of drug-likeness (QED) is 0.794. The van der Waals surface area contributed by atoms with Crippen LogP contribution in [0.25, 0.3) is 0 Å². The largest absolute Gasteiger partial charge is 0.481 e. The van der Waals surface area contributed by atoms with E-state index in [0.29, 0.717) is 19.2 Å². The lowest BCUT2D eigenvalue weighted by Gasteiger charge is -2.26. The Balaban J connectivity index is 1.64. The van der Waals surface area contributed by atoms with Crippen LogP contribution < -0.4 is 10.1 Å². The van der Waals surface area contributed by atoms with Crippen LogP contribution in [0.2, 0.25) is 0 Å². The molecule has 0 aliphatic carbocycles. The Bertz CT molecular complexity index is 960. The molecule has 2 aromatic carbocycles. The maximum Gasteiger partial charge on any atom is 0.262 e. The third-order valence-electron chi connectivity index (χ3n) is 4.32. The summed E-state index contributed by atoms with van der Waals surface area (Å²) in [5, 5.41) is 2.52. The Labute approximate surface area is 162 Å². The van der Waals surface area contributed by atoms with Crippen molar-refractivity contribution in [2.45, 2.75) is 24.2 Å². The van der Waals surface area contributed by atoms with E-state index in [4.69, 9.17) is 4.74 Å². The third-order valence-corrected chi connectivity index (χ3v) is 6.22. The van der Waals surface area contributed by atoms with Gasteiger partial charge in [-0.25, -0.2) is 17.2 Å². The van der Waals surface area contributed by atoms with E-state index < -0.39 is 34.2 Å². The number of rotatable bonds is 6. The zero-order chi connectivity index (χ0) is 20.1. The first-order valence-electron chi connectivity index (χ1n) is 8.84. The lowest BCUT2D eigenvalue weighted by molar-refractivity contribution is -0.118. The number of hydrogen-bond donors (Lipinski definition) is 1. The van der Waals surface area contributed by atoms with E-state index in [1.807, 2.05) is 0 Å². The van der Waals surface area contributed by atoms with Crippen LogP contribution in [-0.4, -0.2) is 38.3 Å². The molecule has 1 aliphatic heterocycles. The molecule has 0 aromatic heterocycles. The first-order chi connectivity index (χ1) is 13.4. The number of benzene rings is 2. The SMILES string of the molecule is O=C(COc1ccc(F)cc1F)Nc1cccc(S(=O)(=O)N2CCCCC2)c1. The molecule has 3 rings (SSSR count). The van der Waals surface area contributed by atoms with Crippen LogP contribution in [0.3, 0.4) is 0 Å². The van der Waals surface area contributed by atoms with Crippen LogP contribution >= 0.6 is 0 Å². The molecule has 0 atom stereocenters. The Morgan fingerprint density at radius 3 is 2.54 bits per heavy atom. The normalized spacial score (nSPS) is 15.2. The number of sulfonamides is 1. The van der Waals surface area contributed by atoms with Crippen molar-refractivity contribution < 1.29 is 26.7 Å². The highest BCUT2D eigenvalue weighted by atomic mass is 32.2. The fraction of sp³-hybridized carbons (Fsp3) is 0.316. The van der Waals surface area contributed by atoms with Gasteiger partial charge in [-0.15, -0.1) is 0 Å². The Kier molecular flexibility index (Phi) is 6.25. The highest BCUT2D eigenvalue weighted by Gasteiger charge is 2.26. The van der Waals surface area contributed by atoms with Crippen molar-refractivity contribution in [1.29, 1.82) is 0 Å². The van der Waals surface area contributed by atoms with E-state index in [2.05, 4.69) is 5.32 Å². The van der Waals surface area contributed by atoms with Gasteiger partial charge in [0.1, 0.15) is 5.82 Å². The zero-order valence-corrected chi connectivity index (χ0v) is 15.8. The van der Waals surface area contributed by atoms with E-state index in [1.165, 1.54) is 22.5 Å². The lowest BCUT2D eigenvalue weighted by Crippen LogP contribution is -2.35. The summed E-state index contributed by atoms with van der Waals surface area (Å²) in [7, 11) is -3.62. The standard InChI is InChI=1S/C19H20F2N2O4S/c20-14-7-8-18(17(21)11-14)27-13-19(24)22-15-5-4-6-16(12-15)28(25,26)23-9-2-1-3-10-23/h4-8,11-12H,1-3,9-10,13H2,(H,22,24). The molecule has 0 radical (unpaired) electrons. The molecular formula is C19H20F2N2O4S. The maximum absolute atomic E-state index is 13.5. The monoisotopic (exact) mass is 410 g/mol. The second-order valence-electron chi connectivity index (χ2n) is 6.40. The minimum Gasteiger partial charge on any atom is -0.481 e. The van der Waals surface area contributed by atoms with Gasteiger partial charge in [-0.2, -0.15) is 4.31 Å². The first kappa shape index (κ1) is 20.2. The highest BCUT2D eigenvalue weighted by molar-refractivity contribution is 7.89. The molecule has 9 heteroatoms. The summed E-state index contributed by atoms with van der Waals surface area (Å²) in [6, 6.07) is 8.69. The Morgan fingerprint density at radius 2 is 1.82 bits per heavy atom. The van der Waals surface area contributed by atoms with Gasteiger partial charge in [0.15, 0.2) is 18.2 Å². The second kappa shape index (κ2) is 8.66. The average Bonchev–Trinajstić information content (AvgIpc) is 2.68. The van der Waals surface area contributed by atoms with Crippen LogP contribution in [0, 0.1) is 11.6 Å². The smallest absolute Gasteiger partial charge is 0.262 e. The van der Waals surface area contributed by atoms with Gasteiger partial charge in [-0.3, -0.25) is 4.79 Å². The van der Waals surface area contributed by atoms with Gasteiger partial charge < -0.3 is 10.1 Å². The lowest BCUT2D eigenvalue weighted by atomic mass is 10.2. The van der Waals surface area contributed by atoms with Crippen LogP contribution in [0.4, 0.5) is 14.5 Å². The van der Waals surface area contributed by atoms with Crippen molar-refractivity contribution in [2.24, 2.45) is 0 Å². The Morgan fingerprint density at radius 1 is 1.07 bits per heavy atom. The molecule has 1 heterocycles. The van der Waals surface area contributed by atoms with Crippen molar-refractivity contribution in [3.05, 3.63) is 54.1 Å². The van der Waals surface area contributed by atoms with Gasteiger partial charge in [0.05, 0.1) is 4.90 Å². The topological polar surface area (TPSA) is 75.7 Å². The molecule has 0 unspecified atom stereocenters. The Hall–Kier alpha value is -2.52. The predicted octanol–water partition coefficient (Wildman–Crippen LogP) is 3.16. The summed E-state index contributed by atoms with van der Waals surface area (Å²) in [6.07, 6.45) is 2.66. The van der Waals surface area contributed by atoms with Crippen molar-refractivity contribution in [3.8, 4) is 5.75 Å². The summed E-state index contributed by atoms with van der Waals surface area (Å²) < 4.78 is 58.3. The van der Waals surface area contributed by atoms with Crippen molar-refractivity contribution in [2.75, 3.05) is 25.0 Å². The number of piperidine rings is 1. The molecule has 1 fully saturated rings. The van der Waals surface area contributed by atoms with Crippen LogP contribution in [0.15, 0.2) is 47.4 Å². The molecular weight excluding hydrogens is 390 g/mol. The number of carbonyl (C=O) groups excluding carboxylic acids is 1. The van der Waals surface area contributed by atoms with E-state index >= 15 is 0 Å². The number of nitrogens with one attached hydrogen (secondary N) is 1. The van der Waals surface area contributed by atoms with Gasteiger partial charge in [0.2, 0.25) is 10.0 Å². The number of amides is 1. The number of nitrogens with zero attached hydrogens (tertiary/aromatic N) is 1. The van der Waals surface area contributed by atoms with E-state index in [1.54, 1.807) is 6.07 Å². The molecule has 0 saturated carbocycles. The minimum absolute atomic E-state index is 0.0951. The summed E-state index contributed by atoms with van der Waals surface area (Å²) >= 11 is 0. The summed E-state index contributed by atoms with van der Waals surface area (Å²) in [5.41, 5.74) is 0.284. The van der Waals surface area contributed by atoms with Crippen LogP contribution in [0.1, 0.15) is 19.3 Å². The molecule has 6 nitrogen and oxygen atoms in total. The summed E-state index contributed by atoms with van der Waals surface area (Å²) in [4.78, 5) is 12.1. The summed E-state index contributed by atoms with van der Waals surface area (Å²) in [6.45, 7) is 0.456. The molecule has 2 aromatic rings. The fourth-order valence-corrected chi connectivity index (χ4v) is 4.48. The average molecular weight is 410 g/mol. The van der Waals surface area contributed by atoms with Gasteiger partial charge in [0.25, 0.3) is 5.91 Å². The van der Waals surface area contributed by atoms with E-state index in [-0.39, 0.29) is 16.3 Å². The molecule has 28 heavy (non-hydrogen) atoms. The molecule has 0 bridgehead atoms. The molecule has 1 aliphatic rings. The number of halogens is 2. The molecule has 0 spiro atoms. The van der Waals surface area contributed by atoms with Crippen molar-refractivity contribution in [3.63, 3.8) is 0 Å². The number of carbonyl (C=O) groups is 1. The zero-order valence-electron chi connectivity index (χ0n) is 15.0. The summed E-state index contributed by atoms with van der Waals surface area (Å²) in [5.74, 6) is -2.52. The molecule has 1 amide bonds. The molecule has 150 valence electrons. The second-order valence-corrected chi connectivity index (χ2v) is 8.34. The number of anilines is 1. The predicted molar refractivity (Wildman–Crippen MR) is 99.5 cm³/mol. The fourth-order valence-electron chi connectivity index (χ4n) is 2.92. The van der Waals surface area contributed by atoms with E-state index in [0.717, 1.165) is 31.4 Å². The highest BCUT2D eigenvalue weighted by Crippen LogP contribution is 2.23. The van der Waals surface area contributed by atoms with Gasteiger partial charge in [-0.1, -0.05) is 12.5 Å². The minimum atomic E-state index is -3.62. The maximum atomic E-state index is 13.5. The van der Waals surface area contributed by atoms with Crippen molar-refractivity contribution in [1.82, 2.24) is 4.31 Å². The van der Waals surface area contributed by atoms with Gasteiger partial charge >= 0.3 is 0 Å². The molecule has 1 saturated heterocycles. The molecule has 1 N–H and O–H groups in total. The third kappa shape index (κ3) is 4.85.